The summed E-state index contributed by atoms with van der Waals surface area (Å²) in [6.07, 6.45) is 6.06. The summed E-state index contributed by atoms with van der Waals surface area (Å²) in [7, 11) is 2.18. The number of anilines is 2. The summed E-state index contributed by atoms with van der Waals surface area (Å²) in [5, 5.41) is 3.59. The van der Waals surface area contributed by atoms with Crippen molar-refractivity contribution in [2.45, 2.75) is 58.0 Å². The smallest absolute Gasteiger partial charge is 0.153 e. The zero-order valence-electron chi connectivity index (χ0n) is 14.8. The van der Waals surface area contributed by atoms with Gasteiger partial charge in [0, 0.05) is 32.2 Å². The first-order valence-electron chi connectivity index (χ1n) is 9.08. The number of fused-ring (bicyclic) bond motifs is 4. The van der Waals surface area contributed by atoms with Crippen LogP contribution in [-0.2, 0) is 0 Å². The van der Waals surface area contributed by atoms with Gasteiger partial charge >= 0.3 is 0 Å². The van der Waals surface area contributed by atoms with Gasteiger partial charge in [-0.3, -0.25) is 0 Å². The second-order valence-corrected chi connectivity index (χ2v) is 6.91. The molecule has 2 aliphatic rings. The lowest BCUT2D eigenvalue weighted by Gasteiger charge is -2.35. The standard InChI is InChI=1S/C19H30N4/c1-5-7-8-15(6-2)20-14(3)17-9-10-18-19(21-17)22(4)16-11-12-23(18)13-16/h9-10,15-16,20H,3,5-8,11-13H2,1-2,4H3. The highest BCUT2D eigenvalue weighted by atomic mass is 15.3. The number of likely N-dealkylation sites (N-methyl/N-ethyl adjacent to an activating group) is 1. The van der Waals surface area contributed by atoms with Crippen molar-refractivity contribution in [3.63, 3.8) is 0 Å². The molecule has 1 saturated heterocycles. The molecule has 0 saturated carbocycles. The fourth-order valence-corrected chi connectivity index (χ4v) is 3.71. The van der Waals surface area contributed by atoms with E-state index in [0.29, 0.717) is 12.1 Å². The van der Waals surface area contributed by atoms with Crippen LogP contribution in [0.25, 0.3) is 5.70 Å². The van der Waals surface area contributed by atoms with Crippen molar-refractivity contribution in [2.24, 2.45) is 0 Å². The van der Waals surface area contributed by atoms with Gasteiger partial charge in [0.15, 0.2) is 5.82 Å². The minimum absolute atomic E-state index is 0.498. The molecule has 2 unspecified atom stereocenters. The van der Waals surface area contributed by atoms with Gasteiger partial charge < -0.3 is 15.1 Å². The Hall–Kier alpha value is -1.71. The molecule has 0 aliphatic carbocycles. The third-order valence-electron chi connectivity index (χ3n) is 5.33. The third-order valence-corrected chi connectivity index (χ3v) is 5.33. The van der Waals surface area contributed by atoms with Crippen molar-refractivity contribution < 1.29 is 0 Å². The highest BCUT2D eigenvalue weighted by Gasteiger charge is 2.34. The zero-order chi connectivity index (χ0) is 16.4. The molecule has 0 radical (unpaired) electrons. The van der Waals surface area contributed by atoms with Crippen molar-refractivity contribution in [3.8, 4) is 0 Å². The van der Waals surface area contributed by atoms with Crippen LogP contribution in [0.1, 0.15) is 51.6 Å². The molecule has 0 amide bonds. The minimum Gasteiger partial charge on any atom is -0.381 e. The quantitative estimate of drug-likeness (QED) is 0.832. The first-order valence-corrected chi connectivity index (χ1v) is 9.08. The highest BCUT2D eigenvalue weighted by molar-refractivity contribution is 5.74. The Bertz CT molecular complexity index is 568. The van der Waals surface area contributed by atoms with Crippen LogP contribution in [0, 0.1) is 0 Å². The number of rotatable bonds is 7. The normalized spacial score (nSPS) is 20.4. The van der Waals surface area contributed by atoms with E-state index in [4.69, 9.17) is 4.98 Å². The summed E-state index contributed by atoms with van der Waals surface area (Å²) in [5.74, 6) is 1.11. The van der Waals surface area contributed by atoms with Gasteiger partial charge in [0.25, 0.3) is 0 Å². The fourth-order valence-electron chi connectivity index (χ4n) is 3.71. The molecule has 4 nitrogen and oxygen atoms in total. The van der Waals surface area contributed by atoms with Gasteiger partial charge in [-0.1, -0.05) is 33.3 Å². The predicted octanol–water partition coefficient (Wildman–Crippen LogP) is 3.64. The topological polar surface area (TPSA) is 31.4 Å². The summed E-state index contributed by atoms with van der Waals surface area (Å²) in [4.78, 5) is 9.74. The lowest BCUT2D eigenvalue weighted by atomic mass is 10.1. The Balaban J connectivity index is 1.75. The Morgan fingerprint density at radius 1 is 1.43 bits per heavy atom. The number of hydrogen-bond donors (Lipinski definition) is 1. The molecule has 1 N–H and O–H groups in total. The number of hydrogen-bond acceptors (Lipinski definition) is 4. The monoisotopic (exact) mass is 314 g/mol. The van der Waals surface area contributed by atoms with E-state index in [0.717, 1.165) is 36.7 Å². The molecule has 4 heteroatoms. The molecule has 3 heterocycles. The van der Waals surface area contributed by atoms with E-state index in [9.17, 15) is 0 Å². The van der Waals surface area contributed by atoms with Crippen LogP contribution in [0.2, 0.25) is 0 Å². The average Bonchev–Trinajstić information content (AvgIpc) is 3.02. The van der Waals surface area contributed by atoms with E-state index < -0.39 is 0 Å². The van der Waals surface area contributed by atoms with Gasteiger partial charge in [-0.25, -0.2) is 4.98 Å². The van der Waals surface area contributed by atoms with Crippen molar-refractivity contribution in [2.75, 3.05) is 29.9 Å². The van der Waals surface area contributed by atoms with E-state index in [-0.39, 0.29) is 0 Å². The number of pyridine rings is 1. The van der Waals surface area contributed by atoms with Gasteiger partial charge in [0.2, 0.25) is 0 Å². The highest BCUT2D eigenvalue weighted by Crippen LogP contribution is 2.38. The van der Waals surface area contributed by atoms with Crippen LogP contribution < -0.4 is 15.1 Å². The first-order chi connectivity index (χ1) is 11.1. The molecule has 3 rings (SSSR count). The van der Waals surface area contributed by atoms with Crippen LogP contribution in [0.5, 0.6) is 0 Å². The van der Waals surface area contributed by atoms with Crippen molar-refractivity contribution >= 4 is 17.2 Å². The Morgan fingerprint density at radius 3 is 3.00 bits per heavy atom. The van der Waals surface area contributed by atoms with Crippen LogP contribution in [0.3, 0.4) is 0 Å². The summed E-state index contributed by atoms with van der Waals surface area (Å²) >= 11 is 0. The summed E-state index contributed by atoms with van der Waals surface area (Å²) in [6, 6.07) is 5.44. The molecule has 0 spiro atoms. The van der Waals surface area contributed by atoms with Crippen molar-refractivity contribution in [1.29, 1.82) is 0 Å². The number of nitrogens with zero attached hydrogens (tertiary/aromatic N) is 3. The van der Waals surface area contributed by atoms with E-state index >= 15 is 0 Å². The van der Waals surface area contributed by atoms with E-state index in [1.807, 2.05) is 0 Å². The maximum atomic E-state index is 4.92. The van der Waals surface area contributed by atoms with Crippen LogP contribution in [-0.4, -0.2) is 37.2 Å². The van der Waals surface area contributed by atoms with Crippen LogP contribution in [0.15, 0.2) is 18.7 Å². The Morgan fingerprint density at radius 2 is 2.26 bits per heavy atom. The molecule has 23 heavy (non-hydrogen) atoms. The largest absolute Gasteiger partial charge is 0.381 e. The maximum Gasteiger partial charge on any atom is 0.153 e. The molecular formula is C19H30N4. The maximum absolute atomic E-state index is 4.92. The predicted molar refractivity (Wildman–Crippen MR) is 99.0 cm³/mol. The second-order valence-electron chi connectivity index (χ2n) is 6.91. The Kier molecular flexibility index (Phi) is 4.79. The van der Waals surface area contributed by atoms with Crippen LogP contribution >= 0.6 is 0 Å². The number of aromatic nitrogens is 1. The van der Waals surface area contributed by atoms with Crippen molar-refractivity contribution in [3.05, 3.63) is 24.4 Å². The summed E-state index contributed by atoms with van der Waals surface area (Å²) in [5.41, 5.74) is 3.21. The summed E-state index contributed by atoms with van der Waals surface area (Å²) < 4.78 is 0. The number of unbranched alkanes of at least 4 members (excludes halogenated alkanes) is 1. The van der Waals surface area contributed by atoms with Gasteiger partial charge in [-0.05, 0) is 31.4 Å². The third kappa shape index (κ3) is 3.17. The SMILES string of the molecule is C=C(NC(CC)CCCC)c1ccc2c(n1)N(C)C1CCN2C1. The molecule has 1 fully saturated rings. The molecule has 1 aromatic rings. The number of nitrogens with one attached hydrogen (secondary N) is 1. The zero-order valence-corrected chi connectivity index (χ0v) is 14.8. The molecule has 1 aromatic heterocycles. The lowest BCUT2D eigenvalue weighted by Crippen LogP contribution is -2.40. The molecular weight excluding hydrogens is 284 g/mol. The summed E-state index contributed by atoms with van der Waals surface area (Å²) in [6.45, 7) is 11.0. The van der Waals surface area contributed by atoms with E-state index in [1.165, 1.54) is 31.4 Å². The van der Waals surface area contributed by atoms with Crippen LogP contribution in [0.4, 0.5) is 11.5 Å². The fraction of sp³-hybridized carbons (Fsp3) is 0.632. The average molecular weight is 314 g/mol. The molecule has 2 aliphatic heterocycles. The lowest BCUT2D eigenvalue weighted by molar-refractivity contribution is 0.511. The van der Waals surface area contributed by atoms with E-state index in [1.54, 1.807) is 0 Å². The molecule has 126 valence electrons. The van der Waals surface area contributed by atoms with Crippen molar-refractivity contribution in [1.82, 2.24) is 10.3 Å². The molecule has 0 aromatic carbocycles. The van der Waals surface area contributed by atoms with Gasteiger partial charge in [0.1, 0.15) is 0 Å². The molecule has 2 atom stereocenters. The minimum atomic E-state index is 0.498. The van der Waals surface area contributed by atoms with Gasteiger partial charge in [-0.2, -0.15) is 0 Å². The first kappa shape index (κ1) is 16.2. The van der Waals surface area contributed by atoms with Gasteiger partial charge in [-0.15, -0.1) is 0 Å². The molecule has 2 bridgehead atoms. The van der Waals surface area contributed by atoms with E-state index in [2.05, 4.69) is 54.7 Å². The van der Waals surface area contributed by atoms with Gasteiger partial charge in [0.05, 0.1) is 17.1 Å². The Labute approximate surface area is 140 Å². The second kappa shape index (κ2) is 6.81.